The Balaban J connectivity index is 1.98. The number of furan rings is 1. The molecule has 0 spiro atoms. The third-order valence-electron chi connectivity index (χ3n) is 3.79. The van der Waals surface area contributed by atoms with Crippen LogP contribution in [0.3, 0.4) is 0 Å². The topological polar surface area (TPSA) is 85.5 Å². The van der Waals surface area contributed by atoms with Crippen LogP contribution in [0.1, 0.15) is 16.1 Å². The number of aryl methyl sites for hydroxylation is 1. The fraction of sp³-hybridized carbons (Fsp3) is 0.357. The maximum Gasteiger partial charge on any atom is 0.289 e. The Hall–Kier alpha value is -1.56. The van der Waals surface area contributed by atoms with Gasteiger partial charge in [-0.05, 0) is 25.1 Å². The normalized spacial score (nSPS) is 22.7. The van der Waals surface area contributed by atoms with Crippen molar-refractivity contribution in [1.29, 1.82) is 0 Å². The lowest BCUT2D eigenvalue weighted by Gasteiger charge is -2.14. The summed E-state index contributed by atoms with van der Waals surface area (Å²) in [4.78, 5) is 14.1. The summed E-state index contributed by atoms with van der Waals surface area (Å²) in [6, 6.07) is 4.94. The summed E-state index contributed by atoms with van der Waals surface area (Å²) in [6.07, 6.45) is 0. The number of nitrogens with zero attached hydrogens (tertiary/aromatic N) is 1. The fourth-order valence-corrected chi connectivity index (χ4v) is 2.73. The quantitative estimate of drug-likeness (QED) is 0.834. The molecule has 0 unspecified atom stereocenters. The van der Waals surface area contributed by atoms with E-state index in [9.17, 15) is 4.79 Å². The molecule has 3 rings (SSSR count). The Labute approximate surface area is 121 Å². The summed E-state index contributed by atoms with van der Waals surface area (Å²) in [5.41, 5.74) is 13.1. The van der Waals surface area contributed by atoms with E-state index in [1.54, 1.807) is 23.1 Å². The van der Waals surface area contributed by atoms with Gasteiger partial charge in [-0.2, -0.15) is 0 Å². The zero-order chi connectivity index (χ0) is 14.4. The minimum absolute atomic E-state index is 0.168. The van der Waals surface area contributed by atoms with Crippen LogP contribution >= 0.6 is 11.6 Å². The van der Waals surface area contributed by atoms with Crippen molar-refractivity contribution in [1.82, 2.24) is 4.90 Å². The molecule has 0 radical (unpaired) electrons. The van der Waals surface area contributed by atoms with Gasteiger partial charge in [-0.25, -0.2) is 0 Å². The van der Waals surface area contributed by atoms with Gasteiger partial charge in [0.25, 0.3) is 5.91 Å². The first kappa shape index (κ1) is 13.4. The van der Waals surface area contributed by atoms with Crippen molar-refractivity contribution in [3.63, 3.8) is 0 Å². The number of likely N-dealkylation sites (tertiary alicyclic amines) is 1. The molecule has 4 N–H and O–H groups in total. The predicted octanol–water partition coefficient (Wildman–Crippen LogP) is 1.51. The summed E-state index contributed by atoms with van der Waals surface area (Å²) < 4.78 is 5.67. The van der Waals surface area contributed by atoms with Crippen LogP contribution in [0.15, 0.2) is 22.6 Å². The van der Waals surface area contributed by atoms with Gasteiger partial charge < -0.3 is 20.8 Å². The third kappa shape index (κ3) is 2.08. The number of carbonyl (C=O) groups excluding carboxylic acids is 1. The van der Waals surface area contributed by atoms with Gasteiger partial charge in [0, 0.05) is 41.1 Å². The lowest BCUT2D eigenvalue weighted by atomic mass is 10.1. The van der Waals surface area contributed by atoms with Crippen molar-refractivity contribution in [2.75, 3.05) is 13.1 Å². The second kappa shape index (κ2) is 4.77. The summed E-state index contributed by atoms with van der Waals surface area (Å²) in [6.45, 7) is 2.76. The average molecular weight is 294 g/mol. The molecular formula is C14H16ClN3O2. The molecule has 1 aliphatic heterocycles. The van der Waals surface area contributed by atoms with Crippen molar-refractivity contribution in [2.24, 2.45) is 11.5 Å². The maximum absolute atomic E-state index is 12.5. The van der Waals surface area contributed by atoms with Gasteiger partial charge in [-0.3, -0.25) is 4.79 Å². The van der Waals surface area contributed by atoms with E-state index in [4.69, 9.17) is 27.5 Å². The van der Waals surface area contributed by atoms with E-state index in [2.05, 4.69) is 0 Å². The predicted molar refractivity (Wildman–Crippen MR) is 77.8 cm³/mol. The molecule has 1 fully saturated rings. The number of benzene rings is 1. The summed E-state index contributed by atoms with van der Waals surface area (Å²) in [7, 11) is 0. The summed E-state index contributed by atoms with van der Waals surface area (Å²) in [5, 5.41) is 1.47. The van der Waals surface area contributed by atoms with E-state index >= 15 is 0 Å². The van der Waals surface area contributed by atoms with Crippen LogP contribution in [0.5, 0.6) is 0 Å². The highest BCUT2D eigenvalue weighted by molar-refractivity contribution is 6.31. The molecule has 0 bridgehead atoms. The monoisotopic (exact) mass is 293 g/mol. The second-order valence-electron chi connectivity index (χ2n) is 5.23. The minimum Gasteiger partial charge on any atom is -0.451 e. The van der Waals surface area contributed by atoms with Gasteiger partial charge in [0.1, 0.15) is 5.58 Å². The molecule has 20 heavy (non-hydrogen) atoms. The molecule has 1 aromatic heterocycles. The van der Waals surface area contributed by atoms with Gasteiger partial charge in [0.05, 0.1) is 0 Å². The number of halogens is 1. The molecular weight excluding hydrogens is 278 g/mol. The number of nitrogens with two attached hydrogens (primary N) is 2. The van der Waals surface area contributed by atoms with Crippen molar-refractivity contribution in [3.8, 4) is 0 Å². The fourth-order valence-electron chi connectivity index (χ4n) is 2.56. The van der Waals surface area contributed by atoms with Crippen molar-refractivity contribution in [2.45, 2.75) is 19.0 Å². The first-order valence-electron chi connectivity index (χ1n) is 6.46. The SMILES string of the molecule is Cc1c(C(=O)N2C[C@@H](N)[C@H](N)C2)oc2ccc(Cl)cc12. The molecule has 2 atom stereocenters. The third-order valence-corrected chi connectivity index (χ3v) is 4.03. The maximum atomic E-state index is 12.5. The Morgan fingerprint density at radius 1 is 1.35 bits per heavy atom. The summed E-state index contributed by atoms with van der Waals surface area (Å²) >= 11 is 5.97. The van der Waals surface area contributed by atoms with Gasteiger partial charge >= 0.3 is 0 Å². The van der Waals surface area contributed by atoms with E-state index in [1.165, 1.54) is 0 Å². The zero-order valence-electron chi connectivity index (χ0n) is 11.1. The van der Waals surface area contributed by atoms with Gasteiger partial charge in [-0.15, -0.1) is 0 Å². The number of fused-ring (bicyclic) bond motifs is 1. The lowest BCUT2D eigenvalue weighted by molar-refractivity contribution is 0.0759. The van der Waals surface area contributed by atoms with Crippen LogP contribution in [0.25, 0.3) is 11.0 Å². The Kier molecular flexibility index (Phi) is 3.20. The molecule has 1 saturated heterocycles. The van der Waals surface area contributed by atoms with Gasteiger partial charge in [0.15, 0.2) is 5.76 Å². The Bertz CT molecular complexity index is 672. The molecule has 2 heterocycles. The number of rotatable bonds is 1. The highest BCUT2D eigenvalue weighted by atomic mass is 35.5. The van der Waals surface area contributed by atoms with E-state index in [0.29, 0.717) is 29.5 Å². The van der Waals surface area contributed by atoms with Crippen LogP contribution in [-0.4, -0.2) is 36.0 Å². The van der Waals surface area contributed by atoms with E-state index in [1.807, 2.05) is 6.92 Å². The molecule has 106 valence electrons. The van der Waals surface area contributed by atoms with Crippen molar-refractivity contribution >= 4 is 28.5 Å². The number of carbonyl (C=O) groups is 1. The van der Waals surface area contributed by atoms with Crippen molar-refractivity contribution < 1.29 is 9.21 Å². The number of amides is 1. The highest BCUT2D eigenvalue weighted by Gasteiger charge is 2.33. The Morgan fingerprint density at radius 3 is 2.65 bits per heavy atom. The van der Waals surface area contributed by atoms with Crippen molar-refractivity contribution in [3.05, 3.63) is 34.5 Å². The molecule has 1 amide bonds. The molecule has 1 aliphatic rings. The smallest absolute Gasteiger partial charge is 0.289 e. The van der Waals surface area contributed by atoms with Crippen LogP contribution in [0.4, 0.5) is 0 Å². The van der Waals surface area contributed by atoms with E-state index < -0.39 is 0 Å². The van der Waals surface area contributed by atoms with Gasteiger partial charge in [0.2, 0.25) is 0 Å². The van der Waals surface area contributed by atoms with E-state index in [-0.39, 0.29) is 18.0 Å². The first-order chi connectivity index (χ1) is 9.47. The lowest BCUT2D eigenvalue weighted by Crippen LogP contribution is -2.39. The van der Waals surface area contributed by atoms with Crippen LogP contribution in [0.2, 0.25) is 5.02 Å². The zero-order valence-corrected chi connectivity index (χ0v) is 11.9. The first-order valence-corrected chi connectivity index (χ1v) is 6.84. The Morgan fingerprint density at radius 2 is 2.00 bits per heavy atom. The molecule has 2 aromatic rings. The molecule has 5 nitrogen and oxygen atoms in total. The highest BCUT2D eigenvalue weighted by Crippen LogP contribution is 2.29. The molecule has 1 aromatic carbocycles. The standard InChI is InChI=1S/C14H16ClN3O2/c1-7-9-4-8(15)2-3-12(9)20-13(7)14(19)18-5-10(16)11(17)6-18/h2-4,10-11H,5-6,16-17H2,1H3/t10-,11-/m1/s1. The largest absolute Gasteiger partial charge is 0.451 e. The van der Waals surface area contributed by atoms with E-state index in [0.717, 1.165) is 10.9 Å². The van der Waals surface area contributed by atoms with Gasteiger partial charge in [-0.1, -0.05) is 11.6 Å². The minimum atomic E-state index is -0.182. The number of hydrogen-bond acceptors (Lipinski definition) is 4. The average Bonchev–Trinajstić information content (AvgIpc) is 2.91. The summed E-state index contributed by atoms with van der Waals surface area (Å²) in [5.74, 6) is 0.168. The molecule has 0 saturated carbocycles. The second-order valence-corrected chi connectivity index (χ2v) is 5.67. The molecule has 0 aliphatic carbocycles. The van der Waals surface area contributed by atoms with Crippen LogP contribution in [-0.2, 0) is 0 Å². The van der Waals surface area contributed by atoms with Crippen LogP contribution in [0, 0.1) is 6.92 Å². The number of hydrogen-bond donors (Lipinski definition) is 2. The molecule has 6 heteroatoms. The van der Waals surface area contributed by atoms with Crippen LogP contribution < -0.4 is 11.5 Å².